The molecule has 0 bridgehead atoms. The third kappa shape index (κ3) is 4.75. The van der Waals surface area contributed by atoms with Crippen LogP contribution in [0.1, 0.15) is 27.9 Å². The molecule has 1 aromatic heterocycles. The van der Waals surface area contributed by atoms with E-state index in [1.54, 1.807) is 24.3 Å². The molecule has 0 spiro atoms. The van der Waals surface area contributed by atoms with Gasteiger partial charge < -0.3 is 5.32 Å². The van der Waals surface area contributed by atoms with E-state index in [9.17, 15) is 17.6 Å². The number of anilines is 1. The second-order valence-electron chi connectivity index (χ2n) is 5.73. The molecule has 0 aliphatic heterocycles. The maximum absolute atomic E-state index is 12.9. The molecule has 3 rings (SSSR count). The van der Waals surface area contributed by atoms with E-state index in [4.69, 9.17) is 0 Å². The van der Waals surface area contributed by atoms with Gasteiger partial charge in [0.25, 0.3) is 5.91 Å². The summed E-state index contributed by atoms with van der Waals surface area (Å²) < 4.78 is 37.7. The molecule has 9 heteroatoms. The average molecular weight is 405 g/mol. The highest BCUT2D eigenvalue weighted by atomic mass is 32.2. The van der Waals surface area contributed by atoms with Gasteiger partial charge in [-0.1, -0.05) is 30.4 Å². The van der Waals surface area contributed by atoms with E-state index in [0.29, 0.717) is 28.2 Å². The first-order valence-electron chi connectivity index (χ1n) is 8.08. The zero-order valence-corrected chi connectivity index (χ0v) is 16.0. The first-order chi connectivity index (χ1) is 12.9. The lowest BCUT2D eigenvalue weighted by Crippen LogP contribution is -2.12. The molecule has 0 unspecified atom stereocenters. The summed E-state index contributed by atoms with van der Waals surface area (Å²) in [5.74, 6) is -0.974. The van der Waals surface area contributed by atoms with Gasteiger partial charge in [0.15, 0.2) is 0 Å². The minimum atomic E-state index is -3.58. The molecule has 0 atom stereocenters. The summed E-state index contributed by atoms with van der Waals surface area (Å²) in [6, 6.07) is 11.7. The van der Waals surface area contributed by atoms with Crippen LogP contribution in [0.5, 0.6) is 0 Å². The zero-order valence-electron chi connectivity index (χ0n) is 14.3. The van der Waals surface area contributed by atoms with E-state index in [1.807, 2.05) is 6.92 Å². The molecule has 6 nitrogen and oxygen atoms in total. The van der Waals surface area contributed by atoms with Crippen molar-refractivity contribution in [1.82, 2.24) is 10.2 Å². The van der Waals surface area contributed by atoms with Crippen molar-refractivity contribution in [2.24, 2.45) is 0 Å². The molecule has 27 heavy (non-hydrogen) atoms. The lowest BCUT2D eigenvalue weighted by Gasteiger charge is -2.06. The topological polar surface area (TPSA) is 89.0 Å². The molecule has 0 saturated carbocycles. The van der Waals surface area contributed by atoms with Gasteiger partial charge in [0.05, 0.1) is 5.75 Å². The number of halogens is 1. The second kappa shape index (κ2) is 7.93. The Hall–Kier alpha value is -2.65. The van der Waals surface area contributed by atoms with Crippen LogP contribution in [0.3, 0.4) is 0 Å². The van der Waals surface area contributed by atoms with Crippen molar-refractivity contribution in [3.05, 3.63) is 70.5 Å². The smallest absolute Gasteiger partial charge is 0.255 e. The molecule has 1 N–H and O–H groups in total. The number of rotatable bonds is 6. The van der Waals surface area contributed by atoms with Gasteiger partial charge in [-0.25, -0.2) is 12.8 Å². The van der Waals surface area contributed by atoms with Gasteiger partial charge in [-0.3, -0.25) is 4.79 Å². The molecule has 1 amide bonds. The van der Waals surface area contributed by atoms with Crippen molar-refractivity contribution in [3.8, 4) is 0 Å². The molecule has 0 saturated heterocycles. The molecule has 0 radical (unpaired) electrons. The number of nitrogens with zero attached hydrogens (tertiary/aromatic N) is 2. The van der Waals surface area contributed by atoms with E-state index < -0.39 is 9.84 Å². The summed E-state index contributed by atoms with van der Waals surface area (Å²) in [7, 11) is -3.58. The Bertz CT molecular complexity index is 1050. The third-order valence-electron chi connectivity index (χ3n) is 3.69. The lowest BCUT2D eigenvalue weighted by atomic mass is 10.1. The van der Waals surface area contributed by atoms with Crippen molar-refractivity contribution < 1.29 is 17.6 Å². The molecular weight excluding hydrogens is 389 g/mol. The van der Waals surface area contributed by atoms with Crippen LogP contribution >= 0.6 is 11.3 Å². The quantitative estimate of drug-likeness (QED) is 0.678. The van der Waals surface area contributed by atoms with Crippen LogP contribution in [0.2, 0.25) is 0 Å². The number of nitrogens with one attached hydrogen (secondary N) is 1. The van der Waals surface area contributed by atoms with Crippen molar-refractivity contribution >= 4 is 32.8 Å². The summed E-state index contributed by atoms with van der Waals surface area (Å²) in [4.78, 5) is 12.2. The fraction of sp³-hybridized carbons (Fsp3) is 0.167. The number of sulfone groups is 1. The minimum Gasteiger partial charge on any atom is -0.322 e. The molecule has 0 aliphatic rings. The van der Waals surface area contributed by atoms with Gasteiger partial charge in [0.2, 0.25) is 14.2 Å². The first kappa shape index (κ1) is 19.1. The van der Waals surface area contributed by atoms with E-state index in [2.05, 4.69) is 15.5 Å². The fourth-order valence-electron chi connectivity index (χ4n) is 2.28. The Morgan fingerprint density at radius 1 is 1.07 bits per heavy atom. The van der Waals surface area contributed by atoms with E-state index in [0.717, 1.165) is 11.3 Å². The van der Waals surface area contributed by atoms with Crippen LogP contribution < -0.4 is 5.32 Å². The Morgan fingerprint density at radius 3 is 2.33 bits per heavy atom. The standard InChI is InChI=1S/C18H16FN3O3S2/c1-2-16-21-22-18(26-16)27(24,25)11-12-3-5-13(6-4-12)17(23)20-15-9-7-14(19)8-10-15/h3-10H,2,11H2,1H3,(H,20,23). The number of hydrogen-bond acceptors (Lipinski definition) is 6. The Labute approximate surface area is 160 Å². The van der Waals surface area contributed by atoms with Gasteiger partial charge in [-0.2, -0.15) is 0 Å². The highest BCUT2D eigenvalue weighted by molar-refractivity contribution is 7.92. The molecule has 0 fully saturated rings. The summed E-state index contributed by atoms with van der Waals surface area (Å²) in [6.07, 6.45) is 0.630. The van der Waals surface area contributed by atoms with E-state index >= 15 is 0 Å². The number of carbonyl (C=O) groups excluding carboxylic acids is 1. The van der Waals surface area contributed by atoms with Crippen molar-refractivity contribution in [3.63, 3.8) is 0 Å². The Morgan fingerprint density at radius 2 is 1.74 bits per heavy atom. The summed E-state index contributed by atoms with van der Waals surface area (Å²) in [6.45, 7) is 1.88. The second-order valence-corrected chi connectivity index (χ2v) is 8.96. The third-order valence-corrected chi connectivity index (χ3v) is 6.89. The van der Waals surface area contributed by atoms with Crippen molar-refractivity contribution in [2.45, 2.75) is 23.4 Å². The van der Waals surface area contributed by atoms with E-state index in [-0.39, 0.29) is 21.8 Å². The van der Waals surface area contributed by atoms with Crippen molar-refractivity contribution in [2.75, 3.05) is 5.32 Å². The first-order valence-corrected chi connectivity index (χ1v) is 10.6. The fourth-order valence-corrected chi connectivity index (χ4v) is 4.68. The predicted octanol–water partition coefficient (Wildman–Crippen LogP) is 3.47. The molecule has 140 valence electrons. The van der Waals surface area contributed by atoms with E-state index in [1.165, 1.54) is 24.3 Å². The maximum atomic E-state index is 12.9. The van der Waals surface area contributed by atoms with Crippen LogP contribution in [-0.4, -0.2) is 24.5 Å². The van der Waals surface area contributed by atoms with Crippen LogP contribution in [0, 0.1) is 5.82 Å². The van der Waals surface area contributed by atoms with Gasteiger partial charge in [0.1, 0.15) is 10.8 Å². The normalized spacial score (nSPS) is 11.3. The molecule has 2 aromatic carbocycles. The molecule has 0 aliphatic carbocycles. The van der Waals surface area contributed by atoms with Crippen molar-refractivity contribution in [1.29, 1.82) is 0 Å². The van der Waals surface area contributed by atoms with Gasteiger partial charge in [-0.05, 0) is 48.4 Å². The number of aromatic nitrogens is 2. The maximum Gasteiger partial charge on any atom is 0.255 e. The highest BCUT2D eigenvalue weighted by Gasteiger charge is 2.21. The number of carbonyl (C=O) groups is 1. The zero-order chi connectivity index (χ0) is 19.4. The monoisotopic (exact) mass is 405 g/mol. The number of amides is 1. The van der Waals surface area contributed by atoms with Gasteiger partial charge in [-0.15, -0.1) is 10.2 Å². The summed E-state index contributed by atoms with van der Waals surface area (Å²) >= 11 is 1.07. The number of benzene rings is 2. The summed E-state index contributed by atoms with van der Waals surface area (Å²) in [5, 5.41) is 10.9. The highest BCUT2D eigenvalue weighted by Crippen LogP contribution is 2.21. The van der Waals surface area contributed by atoms with Crippen LogP contribution in [0.15, 0.2) is 52.9 Å². The summed E-state index contributed by atoms with van der Waals surface area (Å²) in [5.41, 5.74) is 1.38. The minimum absolute atomic E-state index is 0.00233. The lowest BCUT2D eigenvalue weighted by molar-refractivity contribution is 0.102. The molecular formula is C18H16FN3O3S2. The predicted molar refractivity (Wildman–Crippen MR) is 101 cm³/mol. The van der Waals surface area contributed by atoms with Crippen LogP contribution in [0.25, 0.3) is 0 Å². The van der Waals surface area contributed by atoms with Crippen LogP contribution in [0.4, 0.5) is 10.1 Å². The SMILES string of the molecule is CCc1nnc(S(=O)(=O)Cc2ccc(C(=O)Nc3ccc(F)cc3)cc2)s1. The Kier molecular flexibility index (Phi) is 5.62. The molecule has 3 aromatic rings. The van der Waals surface area contributed by atoms with Gasteiger partial charge >= 0.3 is 0 Å². The average Bonchev–Trinajstić information content (AvgIpc) is 3.14. The number of aryl methyl sites for hydroxylation is 1. The Balaban J connectivity index is 1.69. The number of hydrogen-bond donors (Lipinski definition) is 1. The van der Waals surface area contributed by atoms with Crippen LogP contribution in [-0.2, 0) is 22.0 Å². The van der Waals surface area contributed by atoms with Gasteiger partial charge in [0, 0.05) is 11.3 Å². The largest absolute Gasteiger partial charge is 0.322 e. The molecule has 1 heterocycles.